The van der Waals surface area contributed by atoms with E-state index in [0.29, 0.717) is 6.04 Å². The van der Waals surface area contributed by atoms with Crippen molar-refractivity contribution in [3.8, 4) is 0 Å². The van der Waals surface area contributed by atoms with Gasteiger partial charge in [0.25, 0.3) is 0 Å². The fourth-order valence-corrected chi connectivity index (χ4v) is 2.64. The van der Waals surface area contributed by atoms with Gasteiger partial charge in [0.2, 0.25) is 0 Å². The van der Waals surface area contributed by atoms with E-state index >= 15 is 0 Å². The lowest BCUT2D eigenvalue weighted by molar-refractivity contribution is -0.0612. The van der Waals surface area contributed by atoms with Crippen LogP contribution in [0.5, 0.6) is 0 Å². The fraction of sp³-hybridized carbons (Fsp3) is 0.429. The van der Waals surface area contributed by atoms with Gasteiger partial charge in [-0.3, -0.25) is 4.90 Å². The van der Waals surface area contributed by atoms with Crippen LogP contribution >= 0.6 is 15.9 Å². The third kappa shape index (κ3) is 2.46. The van der Waals surface area contributed by atoms with Crippen LogP contribution in [-0.4, -0.2) is 37.2 Å². The minimum Gasteiger partial charge on any atom is -0.378 e. The molecular weight excluding hydrogens is 278 g/mol. The van der Waals surface area contributed by atoms with E-state index in [1.165, 1.54) is 11.1 Å². The zero-order valence-electron chi connectivity index (χ0n) is 9.73. The van der Waals surface area contributed by atoms with Gasteiger partial charge in [0.1, 0.15) is 0 Å². The molecule has 2 nitrogen and oxygen atoms in total. The molecule has 1 aromatic carbocycles. The molecular formula is C14H16BrNO. The van der Waals surface area contributed by atoms with Crippen molar-refractivity contribution in [1.29, 1.82) is 0 Å². The standard InChI is InChI=1S/C14H16BrNO/c15-13-3-1-11(2-4-13)12-5-7-16(8-6-12)14-9-17-10-14/h1-5,14H,6-10H2. The first-order chi connectivity index (χ1) is 8.33. The molecule has 3 rings (SSSR count). The van der Waals surface area contributed by atoms with Crippen LogP contribution in [0.1, 0.15) is 12.0 Å². The first-order valence-electron chi connectivity index (χ1n) is 6.10. The second kappa shape index (κ2) is 4.92. The second-order valence-corrected chi connectivity index (χ2v) is 5.59. The van der Waals surface area contributed by atoms with Crippen LogP contribution in [0.2, 0.25) is 0 Å². The Morgan fingerprint density at radius 3 is 2.47 bits per heavy atom. The summed E-state index contributed by atoms with van der Waals surface area (Å²) in [6, 6.07) is 9.28. The quantitative estimate of drug-likeness (QED) is 0.831. The third-order valence-electron chi connectivity index (χ3n) is 3.59. The van der Waals surface area contributed by atoms with Crippen molar-refractivity contribution in [1.82, 2.24) is 4.90 Å². The highest BCUT2D eigenvalue weighted by molar-refractivity contribution is 9.10. The SMILES string of the molecule is Brc1ccc(C2=CCN(C3COC3)CC2)cc1. The van der Waals surface area contributed by atoms with Crippen molar-refractivity contribution in [3.63, 3.8) is 0 Å². The Morgan fingerprint density at radius 1 is 1.18 bits per heavy atom. The molecule has 0 unspecified atom stereocenters. The van der Waals surface area contributed by atoms with Crippen molar-refractivity contribution >= 4 is 21.5 Å². The molecule has 2 heterocycles. The summed E-state index contributed by atoms with van der Waals surface area (Å²) in [4.78, 5) is 2.52. The van der Waals surface area contributed by atoms with E-state index < -0.39 is 0 Å². The van der Waals surface area contributed by atoms with Gasteiger partial charge in [-0.2, -0.15) is 0 Å². The van der Waals surface area contributed by atoms with Crippen LogP contribution < -0.4 is 0 Å². The zero-order valence-corrected chi connectivity index (χ0v) is 11.3. The van der Waals surface area contributed by atoms with E-state index in [1.807, 2.05) is 0 Å². The van der Waals surface area contributed by atoms with E-state index in [2.05, 4.69) is 51.2 Å². The molecule has 0 N–H and O–H groups in total. The molecule has 1 fully saturated rings. The lowest BCUT2D eigenvalue weighted by atomic mass is 9.98. The first-order valence-corrected chi connectivity index (χ1v) is 6.89. The molecule has 17 heavy (non-hydrogen) atoms. The smallest absolute Gasteiger partial charge is 0.0645 e. The van der Waals surface area contributed by atoms with Crippen molar-refractivity contribution < 1.29 is 4.74 Å². The molecule has 90 valence electrons. The van der Waals surface area contributed by atoms with Crippen LogP contribution in [0.15, 0.2) is 34.8 Å². The number of benzene rings is 1. The highest BCUT2D eigenvalue weighted by atomic mass is 79.9. The normalized spacial score (nSPS) is 22.1. The van der Waals surface area contributed by atoms with Gasteiger partial charge in [0, 0.05) is 17.6 Å². The number of nitrogens with zero attached hydrogens (tertiary/aromatic N) is 1. The van der Waals surface area contributed by atoms with Crippen LogP contribution in [-0.2, 0) is 4.74 Å². The maximum atomic E-state index is 5.25. The first kappa shape index (κ1) is 11.5. The van der Waals surface area contributed by atoms with Crippen LogP contribution in [0, 0.1) is 0 Å². The van der Waals surface area contributed by atoms with Gasteiger partial charge in [-0.05, 0) is 29.7 Å². The van der Waals surface area contributed by atoms with Crippen molar-refractivity contribution in [3.05, 3.63) is 40.4 Å². The zero-order chi connectivity index (χ0) is 11.7. The Labute approximate surface area is 110 Å². The molecule has 2 aliphatic heterocycles. The van der Waals surface area contributed by atoms with Crippen LogP contribution in [0.3, 0.4) is 0 Å². The minimum atomic E-state index is 0.665. The molecule has 0 amide bonds. The summed E-state index contributed by atoms with van der Waals surface area (Å²) < 4.78 is 6.39. The predicted octanol–water partition coefficient (Wildman–Crippen LogP) is 2.94. The molecule has 3 heteroatoms. The van der Waals surface area contributed by atoms with E-state index in [1.54, 1.807) is 0 Å². The fourth-order valence-electron chi connectivity index (χ4n) is 2.38. The monoisotopic (exact) mass is 293 g/mol. The summed E-state index contributed by atoms with van der Waals surface area (Å²) in [5, 5.41) is 0. The summed E-state index contributed by atoms with van der Waals surface area (Å²) in [5.74, 6) is 0. The Hall–Kier alpha value is -0.640. The molecule has 0 aliphatic carbocycles. The van der Waals surface area contributed by atoms with Gasteiger partial charge in [0.05, 0.1) is 19.3 Å². The Balaban J connectivity index is 1.69. The van der Waals surface area contributed by atoms with Crippen LogP contribution in [0.4, 0.5) is 0 Å². The summed E-state index contributed by atoms with van der Waals surface area (Å²) in [6.45, 7) is 4.07. The molecule has 1 aromatic rings. The predicted molar refractivity (Wildman–Crippen MR) is 72.9 cm³/mol. The van der Waals surface area contributed by atoms with E-state index in [0.717, 1.165) is 37.2 Å². The Bertz CT molecular complexity index is 422. The molecule has 0 spiro atoms. The van der Waals surface area contributed by atoms with Gasteiger partial charge in [-0.15, -0.1) is 0 Å². The Morgan fingerprint density at radius 2 is 1.94 bits per heavy atom. The van der Waals surface area contributed by atoms with Crippen molar-refractivity contribution in [2.75, 3.05) is 26.3 Å². The summed E-state index contributed by atoms with van der Waals surface area (Å²) in [5.41, 5.74) is 2.84. The molecule has 0 saturated carbocycles. The number of hydrogen-bond acceptors (Lipinski definition) is 2. The van der Waals surface area contributed by atoms with E-state index in [-0.39, 0.29) is 0 Å². The van der Waals surface area contributed by atoms with Crippen molar-refractivity contribution in [2.45, 2.75) is 12.5 Å². The number of halogens is 1. The van der Waals surface area contributed by atoms with Gasteiger partial charge in [-0.1, -0.05) is 34.1 Å². The van der Waals surface area contributed by atoms with E-state index in [4.69, 9.17) is 4.74 Å². The topological polar surface area (TPSA) is 12.5 Å². The number of hydrogen-bond donors (Lipinski definition) is 0. The molecule has 2 aliphatic rings. The lowest BCUT2D eigenvalue weighted by Gasteiger charge is -2.38. The number of rotatable bonds is 2. The lowest BCUT2D eigenvalue weighted by Crippen LogP contribution is -2.50. The largest absolute Gasteiger partial charge is 0.378 e. The maximum Gasteiger partial charge on any atom is 0.0645 e. The molecule has 0 atom stereocenters. The number of ether oxygens (including phenoxy) is 1. The maximum absolute atomic E-state index is 5.25. The molecule has 0 radical (unpaired) electrons. The van der Waals surface area contributed by atoms with Crippen molar-refractivity contribution in [2.24, 2.45) is 0 Å². The average Bonchev–Trinajstić information content (AvgIpc) is 2.29. The molecule has 0 bridgehead atoms. The highest BCUT2D eigenvalue weighted by Crippen LogP contribution is 2.25. The van der Waals surface area contributed by atoms with Gasteiger partial charge >= 0.3 is 0 Å². The second-order valence-electron chi connectivity index (χ2n) is 4.67. The third-order valence-corrected chi connectivity index (χ3v) is 4.12. The summed E-state index contributed by atoms with van der Waals surface area (Å²) in [6.07, 6.45) is 3.52. The summed E-state index contributed by atoms with van der Waals surface area (Å²) in [7, 11) is 0. The summed E-state index contributed by atoms with van der Waals surface area (Å²) >= 11 is 3.47. The van der Waals surface area contributed by atoms with Gasteiger partial charge < -0.3 is 4.74 Å². The van der Waals surface area contributed by atoms with Gasteiger partial charge in [0.15, 0.2) is 0 Å². The highest BCUT2D eigenvalue weighted by Gasteiger charge is 2.26. The average molecular weight is 294 g/mol. The van der Waals surface area contributed by atoms with E-state index in [9.17, 15) is 0 Å². The molecule has 1 saturated heterocycles. The minimum absolute atomic E-state index is 0.665. The molecule has 0 aromatic heterocycles. The van der Waals surface area contributed by atoms with Gasteiger partial charge in [-0.25, -0.2) is 0 Å². The Kier molecular flexibility index (Phi) is 3.32. The van der Waals surface area contributed by atoms with Crippen LogP contribution in [0.25, 0.3) is 5.57 Å².